The Balaban J connectivity index is 2.24. The molecule has 0 radical (unpaired) electrons. The minimum absolute atomic E-state index is 0.242. The van der Waals surface area contributed by atoms with Crippen LogP contribution >= 0.6 is 27.5 Å². The summed E-state index contributed by atoms with van der Waals surface area (Å²) >= 11 is 9.23. The molecular weight excluding hydrogens is 321 g/mol. The summed E-state index contributed by atoms with van der Waals surface area (Å²) in [5, 5.41) is 3.05. The van der Waals surface area contributed by atoms with Crippen molar-refractivity contribution in [3.05, 3.63) is 63.3 Å². The number of carbonyl (C=O) groups is 1. The third-order valence-electron chi connectivity index (χ3n) is 2.26. The van der Waals surface area contributed by atoms with Crippen LogP contribution in [0, 0.1) is 5.82 Å². The third kappa shape index (κ3) is 3.09. The van der Waals surface area contributed by atoms with E-state index in [1.807, 2.05) is 0 Å². The summed E-state index contributed by atoms with van der Waals surface area (Å²) in [7, 11) is 0. The van der Waals surface area contributed by atoms with E-state index in [9.17, 15) is 9.18 Å². The van der Waals surface area contributed by atoms with Crippen molar-refractivity contribution in [2.24, 2.45) is 0 Å². The van der Waals surface area contributed by atoms with Crippen molar-refractivity contribution in [1.29, 1.82) is 0 Å². The Kier molecular flexibility index (Phi) is 3.99. The van der Waals surface area contributed by atoms with Gasteiger partial charge in [0.1, 0.15) is 5.82 Å². The van der Waals surface area contributed by atoms with Gasteiger partial charge in [0.25, 0.3) is 5.91 Å². The standard InChI is InChI=1S/C13H8BrClFNO/c14-9-4-5-11(15)12(7-9)17-13(18)8-2-1-3-10(16)6-8/h1-7H,(H,17,18). The van der Waals surface area contributed by atoms with Crippen LogP contribution in [-0.2, 0) is 0 Å². The summed E-state index contributed by atoms with van der Waals surface area (Å²) in [5.74, 6) is -0.863. The first kappa shape index (κ1) is 13.1. The van der Waals surface area contributed by atoms with Gasteiger partial charge in [-0.2, -0.15) is 0 Å². The lowest BCUT2D eigenvalue weighted by Crippen LogP contribution is -2.12. The molecule has 0 spiro atoms. The van der Waals surface area contributed by atoms with E-state index in [2.05, 4.69) is 21.2 Å². The van der Waals surface area contributed by atoms with Crippen LogP contribution in [0.3, 0.4) is 0 Å². The van der Waals surface area contributed by atoms with Crippen molar-refractivity contribution >= 4 is 39.1 Å². The predicted molar refractivity (Wildman–Crippen MR) is 73.5 cm³/mol. The number of amides is 1. The van der Waals surface area contributed by atoms with Gasteiger partial charge in [-0.1, -0.05) is 33.6 Å². The maximum Gasteiger partial charge on any atom is 0.255 e. The van der Waals surface area contributed by atoms with Crippen LogP contribution in [0.4, 0.5) is 10.1 Å². The molecule has 0 unspecified atom stereocenters. The van der Waals surface area contributed by atoms with E-state index >= 15 is 0 Å². The number of anilines is 1. The lowest BCUT2D eigenvalue weighted by Gasteiger charge is -2.07. The maximum atomic E-state index is 13.0. The first-order valence-electron chi connectivity index (χ1n) is 5.08. The van der Waals surface area contributed by atoms with Crippen molar-refractivity contribution in [2.45, 2.75) is 0 Å². The number of carbonyl (C=O) groups excluding carboxylic acids is 1. The normalized spacial score (nSPS) is 10.2. The number of rotatable bonds is 2. The van der Waals surface area contributed by atoms with Crippen LogP contribution in [0.15, 0.2) is 46.9 Å². The lowest BCUT2D eigenvalue weighted by atomic mass is 10.2. The Labute approximate surface area is 117 Å². The minimum Gasteiger partial charge on any atom is -0.321 e. The summed E-state index contributed by atoms with van der Waals surface area (Å²) < 4.78 is 13.8. The summed E-state index contributed by atoms with van der Waals surface area (Å²) in [5.41, 5.74) is 0.714. The molecule has 2 aromatic carbocycles. The largest absolute Gasteiger partial charge is 0.321 e. The molecule has 0 saturated carbocycles. The van der Waals surface area contributed by atoms with Gasteiger partial charge in [-0.25, -0.2) is 4.39 Å². The highest BCUT2D eigenvalue weighted by molar-refractivity contribution is 9.10. The quantitative estimate of drug-likeness (QED) is 0.864. The van der Waals surface area contributed by atoms with Crippen molar-refractivity contribution in [3.8, 4) is 0 Å². The van der Waals surface area contributed by atoms with Crippen LogP contribution in [0.25, 0.3) is 0 Å². The Morgan fingerprint density at radius 2 is 2.00 bits per heavy atom. The van der Waals surface area contributed by atoms with E-state index in [1.165, 1.54) is 24.3 Å². The predicted octanol–water partition coefficient (Wildman–Crippen LogP) is 4.49. The number of hydrogen-bond donors (Lipinski definition) is 1. The Morgan fingerprint density at radius 3 is 2.72 bits per heavy atom. The van der Waals surface area contributed by atoms with Crippen LogP contribution in [-0.4, -0.2) is 5.91 Å². The van der Waals surface area contributed by atoms with Gasteiger partial charge in [-0.3, -0.25) is 4.79 Å². The molecule has 5 heteroatoms. The van der Waals surface area contributed by atoms with Crippen molar-refractivity contribution in [3.63, 3.8) is 0 Å². The van der Waals surface area contributed by atoms with Crippen LogP contribution < -0.4 is 5.32 Å². The molecule has 0 fully saturated rings. The number of benzene rings is 2. The van der Waals surface area contributed by atoms with Crippen molar-refractivity contribution in [1.82, 2.24) is 0 Å². The van der Waals surface area contributed by atoms with Gasteiger partial charge < -0.3 is 5.32 Å². The highest BCUT2D eigenvalue weighted by atomic mass is 79.9. The fraction of sp³-hybridized carbons (Fsp3) is 0. The zero-order valence-electron chi connectivity index (χ0n) is 9.08. The monoisotopic (exact) mass is 327 g/mol. The fourth-order valence-corrected chi connectivity index (χ4v) is 1.94. The minimum atomic E-state index is -0.456. The smallest absolute Gasteiger partial charge is 0.255 e. The van der Waals surface area contributed by atoms with E-state index < -0.39 is 11.7 Å². The molecule has 0 aromatic heterocycles. The molecule has 2 aromatic rings. The summed E-state index contributed by atoms with van der Waals surface area (Å²) in [6, 6.07) is 10.6. The van der Waals surface area contributed by atoms with E-state index in [4.69, 9.17) is 11.6 Å². The molecule has 92 valence electrons. The molecule has 0 bridgehead atoms. The van der Waals surface area contributed by atoms with Crippen molar-refractivity contribution in [2.75, 3.05) is 5.32 Å². The van der Waals surface area contributed by atoms with E-state index in [-0.39, 0.29) is 5.56 Å². The molecule has 0 saturated heterocycles. The number of nitrogens with one attached hydrogen (secondary N) is 1. The van der Waals surface area contributed by atoms with Crippen LogP contribution in [0.1, 0.15) is 10.4 Å². The van der Waals surface area contributed by atoms with E-state index in [1.54, 1.807) is 18.2 Å². The first-order chi connectivity index (χ1) is 8.56. The first-order valence-corrected chi connectivity index (χ1v) is 6.25. The molecule has 18 heavy (non-hydrogen) atoms. The molecule has 2 nitrogen and oxygen atoms in total. The van der Waals surface area contributed by atoms with Gasteiger partial charge >= 0.3 is 0 Å². The Hall–Kier alpha value is -1.39. The fourth-order valence-electron chi connectivity index (χ4n) is 1.42. The second-order valence-electron chi connectivity index (χ2n) is 3.59. The molecular formula is C13H8BrClFNO. The van der Waals surface area contributed by atoms with Crippen LogP contribution in [0.5, 0.6) is 0 Å². The molecule has 2 rings (SSSR count). The maximum absolute atomic E-state index is 13.0. The van der Waals surface area contributed by atoms with E-state index in [0.717, 1.165) is 4.47 Å². The van der Waals surface area contributed by atoms with Gasteiger partial charge in [-0.15, -0.1) is 0 Å². The molecule has 0 aliphatic heterocycles. The van der Waals surface area contributed by atoms with Crippen molar-refractivity contribution < 1.29 is 9.18 Å². The Bertz CT molecular complexity index is 603. The molecule has 0 aliphatic rings. The molecule has 0 aliphatic carbocycles. The molecule has 1 N–H and O–H groups in total. The summed E-state index contributed by atoms with van der Waals surface area (Å²) in [6.07, 6.45) is 0. The second kappa shape index (κ2) is 5.50. The second-order valence-corrected chi connectivity index (χ2v) is 4.91. The SMILES string of the molecule is O=C(Nc1cc(Br)ccc1Cl)c1cccc(F)c1. The van der Waals surface area contributed by atoms with Gasteiger partial charge in [-0.05, 0) is 36.4 Å². The summed E-state index contributed by atoms with van der Waals surface area (Å²) in [4.78, 5) is 11.9. The number of halogens is 3. The highest BCUT2D eigenvalue weighted by Gasteiger charge is 2.09. The molecule has 1 amide bonds. The average molecular weight is 329 g/mol. The number of hydrogen-bond acceptors (Lipinski definition) is 1. The zero-order chi connectivity index (χ0) is 13.1. The summed E-state index contributed by atoms with van der Waals surface area (Å²) in [6.45, 7) is 0. The molecule has 0 atom stereocenters. The van der Waals surface area contributed by atoms with Crippen LogP contribution in [0.2, 0.25) is 5.02 Å². The topological polar surface area (TPSA) is 29.1 Å². The average Bonchev–Trinajstić information content (AvgIpc) is 2.34. The third-order valence-corrected chi connectivity index (χ3v) is 3.09. The van der Waals surface area contributed by atoms with Gasteiger partial charge in [0.05, 0.1) is 10.7 Å². The Morgan fingerprint density at radius 1 is 1.22 bits per heavy atom. The van der Waals surface area contributed by atoms with Gasteiger partial charge in [0, 0.05) is 10.0 Å². The lowest BCUT2D eigenvalue weighted by molar-refractivity contribution is 0.102. The highest BCUT2D eigenvalue weighted by Crippen LogP contribution is 2.26. The van der Waals surface area contributed by atoms with Gasteiger partial charge in [0.15, 0.2) is 0 Å². The van der Waals surface area contributed by atoms with Gasteiger partial charge in [0.2, 0.25) is 0 Å². The van der Waals surface area contributed by atoms with E-state index in [0.29, 0.717) is 10.7 Å². The zero-order valence-corrected chi connectivity index (χ0v) is 11.4. The molecule has 0 heterocycles.